The van der Waals surface area contributed by atoms with E-state index in [9.17, 15) is 40.5 Å². The molecule has 0 aromatic rings. The van der Waals surface area contributed by atoms with Gasteiger partial charge in [0.05, 0.1) is 31.5 Å². The fourth-order valence-electron chi connectivity index (χ4n) is 3.24. The van der Waals surface area contributed by atoms with Gasteiger partial charge in [0.1, 0.15) is 30.5 Å². The lowest BCUT2D eigenvalue weighted by molar-refractivity contribution is -0.403. The fourth-order valence-corrected chi connectivity index (χ4v) is 3.24. The number of carboxylic acid groups (broad SMARTS) is 1. The van der Waals surface area contributed by atoms with E-state index in [1.807, 2.05) is 0 Å². The number of carbonyl (C=O) groups is 1. The van der Waals surface area contributed by atoms with E-state index in [4.69, 9.17) is 25.1 Å². The maximum atomic E-state index is 11.8. The van der Waals surface area contributed by atoms with E-state index >= 15 is 0 Å². The molecule has 0 amide bonds. The van der Waals surface area contributed by atoms with Crippen molar-refractivity contribution in [3.63, 3.8) is 0 Å². The van der Waals surface area contributed by atoms with Crippen LogP contribution in [-0.4, -0.2) is 120 Å². The van der Waals surface area contributed by atoms with E-state index in [0.29, 0.717) is 0 Å². The molecule has 2 unspecified atom stereocenters. The maximum Gasteiger partial charge on any atom is 0.364 e. The Morgan fingerprint density at radius 1 is 1.25 bits per heavy atom. The first-order valence-corrected chi connectivity index (χ1v) is 8.61. The Morgan fingerprint density at radius 3 is 2.39 bits per heavy atom. The van der Waals surface area contributed by atoms with Gasteiger partial charge in [0.15, 0.2) is 0 Å². The van der Waals surface area contributed by atoms with Crippen LogP contribution in [0.4, 0.5) is 0 Å². The first kappa shape index (κ1) is 23.3. The third kappa shape index (κ3) is 4.01. The number of carboxylic acids is 1. The first-order chi connectivity index (χ1) is 12.9. The second kappa shape index (κ2) is 8.41. The van der Waals surface area contributed by atoms with Crippen LogP contribution in [-0.2, 0) is 19.0 Å². The molecule has 0 saturated carbocycles. The van der Waals surface area contributed by atoms with Crippen LogP contribution in [0.5, 0.6) is 0 Å². The Balaban J connectivity index is 2.23. The molecule has 164 valence electrons. The van der Waals surface area contributed by atoms with Crippen molar-refractivity contribution in [3.8, 4) is 0 Å². The summed E-state index contributed by atoms with van der Waals surface area (Å²) in [7, 11) is 0. The van der Waals surface area contributed by atoms with Gasteiger partial charge in [-0.3, -0.25) is 0 Å². The Kier molecular flexibility index (Phi) is 7.00. The van der Waals surface area contributed by atoms with Gasteiger partial charge >= 0.3 is 5.97 Å². The van der Waals surface area contributed by atoms with Crippen molar-refractivity contribution in [2.75, 3.05) is 13.2 Å². The molecule has 28 heavy (non-hydrogen) atoms. The van der Waals surface area contributed by atoms with Gasteiger partial charge in [-0.2, -0.15) is 0 Å². The number of aliphatic hydroxyl groups is 7. The minimum absolute atomic E-state index is 0.686. The topological polar surface area (TPSA) is 233 Å². The van der Waals surface area contributed by atoms with Crippen LogP contribution < -0.4 is 5.73 Å². The lowest BCUT2D eigenvalue weighted by Gasteiger charge is -2.49. The average Bonchev–Trinajstić information content (AvgIpc) is 2.65. The third-order valence-electron chi connectivity index (χ3n) is 5.11. The number of rotatable bonds is 6. The van der Waals surface area contributed by atoms with Gasteiger partial charge in [-0.1, -0.05) is 0 Å². The highest BCUT2D eigenvalue weighted by Crippen LogP contribution is 2.37. The predicted molar refractivity (Wildman–Crippen MR) is 86.4 cm³/mol. The van der Waals surface area contributed by atoms with E-state index < -0.39 is 85.9 Å². The predicted octanol–water partition coefficient (Wildman–Crippen LogP) is -5.20. The number of hydrogen-bond acceptors (Lipinski definition) is 12. The van der Waals surface area contributed by atoms with Crippen molar-refractivity contribution in [2.45, 2.75) is 73.7 Å². The summed E-state index contributed by atoms with van der Waals surface area (Å²) >= 11 is 0. The van der Waals surface area contributed by atoms with Gasteiger partial charge in [0.25, 0.3) is 5.79 Å². The van der Waals surface area contributed by atoms with Crippen LogP contribution in [0.3, 0.4) is 0 Å². The van der Waals surface area contributed by atoms with Crippen LogP contribution in [0.2, 0.25) is 0 Å². The normalized spacial score (nSPS) is 48.2. The Morgan fingerprint density at radius 2 is 1.86 bits per heavy atom. The summed E-state index contributed by atoms with van der Waals surface area (Å²) in [6.07, 6.45) is -11.3. The van der Waals surface area contributed by atoms with Crippen LogP contribution in [0.25, 0.3) is 0 Å². The molecule has 10 atom stereocenters. The molecule has 0 aromatic carbocycles. The van der Waals surface area contributed by atoms with E-state index in [-0.39, 0.29) is 0 Å². The Hall–Kier alpha value is -0.970. The molecule has 13 heteroatoms. The molecule has 0 aliphatic carbocycles. The number of aliphatic hydroxyl groups excluding tert-OH is 6. The molecular weight excluding hydrogens is 386 g/mol. The molecule has 0 radical (unpaired) electrons. The fraction of sp³-hybridized carbons (Fsp3) is 0.933. The van der Waals surface area contributed by atoms with Crippen molar-refractivity contribution in [3.05, 3.63) is 0 Å². The highest BCUT2D eigenvalue weighted by molar-refractivity contribution is 5.76. The molecule has 0 aromatic heterocycles. The van der Waals surface area contributed by atoms with Gasteiger partial charge in [-0.25, -0.2) is 4.79 Å². The summed E-state index contributed by atoms with van der Waals surface area (Å²) in [5.74, 6) is -7.37. The van der Waals surface area contributed by atoms with Gasteiger partial charge in [-0.05, 0) is 6.92 Å². The largest absolute Gasteiger partial charge is 0.477 e. The van der Waals surface area contributed by atoms with E-state index in [2.05, 4.69) is 0 Å². The maximum absolute atomic E-state index is 11.8. The number of aliphatic carboxylic acids is 1. The highest BCUT2D eigenvalue weighted by atomic mass is 16.8. The zero-order chi connectivity index (χ0) is 21.4. The Bertz CT molecular complexity index is 565. The zero-order valence-corrected chi connectivity index (χ0v) is 15.0. The summed E-state index contributed by atoms with van der Waals surface area (Å²) in [6, 6.07) is -1.67. The van der Waals surface area contributed by atoms with Crippen molar-refractivity contribution in [2.24, 2.45) is 5.73 Å². The summed E-state index contributed by atoms with van der Waals surface area (Å²) in [5.41, 5.74) is 5.60. The number of hydrogen-bond donors (Lipinski definition) is 9. The highest BCUT2D eigenvalue weighted by Gasteiger charge is 2.61. The van der Waals surface area contributed by atoms with Gasteiger partial charge < -0.3 is 60.8 Å². The van der Waals surface area contributed by atoms with Crippen molar-refractivity contribution < 1.29 is 59.9 Å². The monoisotopic (exact) mass is 413 g/mol. The van der Waals surface area contributed by atoms with Crippen LogP contribution in [0, 0.1) is 0 Å². The quantitative estimate of drug-likeness (QED) is 0.198. The number of nitrogens with two attached hydrogens (primary N) is 1. The van der Waals surface area contributed by atoms with Crippen LogP contribution >= 0.6 is 0 Å². The van der Waals surface area contributed by atoms with Crippen molar-refractivity contribution in [1.82, 2.24) is 0 Å². The van der Waals surface area contributed by atoms with Crippen molar-refractivity contribution >= 4 is 5.97 Å². The minimum atomic E-state index is -2.86. The van der Waals surface area contributed by atoms with Gasteiger partial charge in [0, 0.05) is 6.42 Å². The SMILES string of the molecule is C[C@@H]1OC(CO[C@]2(C(=O)O)C[C@@H](O)[C@@H](N)[C@@](O)([C@H](O)CO)O2)[C@H](O)C(O)[C@@H]1O. The minimum Gasteiger partial charge on any atom is -0.477 e. The molecule has 10 N–H and O–H groups in total. The molecule has 2 saturated heterocycles. The van der Waals surface area contributed by atoms with Crippen LogP contribution in [0.15, 0.2) is 0 Å². The molecule has 2 aliphatic heterocycles. The van der Waals surface area contributed by atoms with E-state index in [1.54, 1.807) is 0 Å². The third-order valence-corrected chi connectivity index (χ3v) is 5.11. The van der Waals surface area contributed by atoms with Crippen molar-refractivity contribution in [1.29, 1.82) is 0 Å². The number of ether oxygens (including phenoxy) is 3. The summed E-state index contributed by atoms with van der Waals surface area (Å²) in [5, 5.41) is 78.5. The lowest BCUT2D eigenvalue weighted by atomic mass is 9.88. The summed E-state index contributed by atoms with van der Waals surface area (Å²) < 4.78 is 15.6. The van der Waals surface area contributed by atoms with Gasteiger partial charge in [-0.15, -0.1) is 0 Å². The first-order valence-electron chi connectivity index (χ1n) is 8.61. The molecule has 2 rings (SSSR count). The summed E-state index contributed by atoms with van der Waals surface area (Å²) in [6.45, 7) is -0.330. The lowest BCUT2D eigenvalue weighted by Crippen LogP contribution is -2.73. The molecule has 0 bridgehead atoms. The van der Waals surface area contributed by atoms with E-state index in [1.165, 1.54) is 6.92 Å². The second-order valence-corrected chi connectivity index (χ2v) is 7.07. The molecule has 2 aliphatic rings. The molecule has 2 fully saturated rings. The van der Waals surface area contributed by atoms with E-state index in [0.717, 1.165) is 0 Å². The molecule has 2 heterocycles. The zero-order valence-electron chi connectivity index (χ0n) is 15.0. The summed E-state index contributed by atoms with van der Waals surface area (Å²) in [4.78, 5) is 11.8. The average molecular weight is 413 g/mol. The smallest absolute Gasteiger partial charge is 0.364 e. The Labute approximate surface area is 159 Å². The standard InChI is InChI=1S/C15H27NO12/c1-5-9(20)11(22)10(21)7(27-5)4-26-14(13(23)24)2-6(18)12(16)15(25,28-14)8(19)3-17/h5-12,17-22,25H,2-4,16H2,1H3,(H,23,24)/t5-,6+,7?,8+,9+,10-,11?,12+,14+,15+/m0/s1. The molecule has 0 spiro atoms. The van der Waals surface area contributed by atoms with Gasteiger partial charge in [0.2, 0.25) is 5.79 Å². The molecule has 13 nitrogen and oxygen atoms in total. The second-order valence-electron chi connectivity index (χ2n) is 7.07. The molecular formula is C15H27NO12. The van der Waals surface area contributed by atoms with Crippen LogP contribution in [0.1, 0.15) is 13.3 Å².